The molecule has 33 heavy (non-hydrogen) atoms. The molecule has 2 aromatic carbocycles. The first-order valence-electron chi connectivity index (χ1n) is 11.0. The number of methoxy groups -OCH3 is 2. The van der Waals surface area contributed by atoms with Crippen molar-refractivity contribution in [2.45, 2.75) is 52.3 Å². The summed E-state index contributed by atoms with van der Waals surface area (Å²) in [5.74, 6) is 2.02. The van der Waals surface area contributed by atoms with E-state index in [1.807, 2.05) is 43.3 Å². The number of benzene rings is 2. The molecule has 0 aliphatic carbocycles. The number of aliphatic hydroxyl groups excluding tert-OH is 1. The average molecular weight is 479 g/mol. The van der Waals surface area contributed by atoms with Gasteiger partial charge in [-0.05, 0) is 32.3 Å². The lowest BCUT2D eigenvalue weighted by Gasteiger charge is -2.17. The highest BCUT2D eigenvalue weighted by Gasteiger charge is 2.13. The molecule has 0 aliphatic rings. The van der Waals surface area contributed by atoms with Crippen molar-refractivity contribution in [2.24, 2.45) is 0 Å². The van der Waals surface area contributed by atoms with Crippen molar-refractivity contribution in [2.75, 3.05) is 27.4 Å². The van der Waals surface area contributed by atoms with Crippen LogP contribution in [-0.4, -0.2) is 44.5 Å². The molecule has 0 heterocycles. The first-order valence-corrected chi connectivity index (χ1v) is 11.0. The molecule has 3 N–H and O–H groups in total. The van der Waals surface area contributed by atoms with Gasteiger partial charge in [0.25, 0.3) is 0 Å². The number of aryl methyl sites for hydroxylation is 1. The van der Waals surface area contributed by atoms with Crippen LogP contribution in [0.5, 0.6) is 17.2 Å². The van der Waals surface area contributed by atoms with Crippen LogP contribution in [0.25, 0.3) is 0 Å². The van der Waals surface area contributed by atoms with Gasteiger partial charge in [0.05, 0.1) is 32.5 Å². The van der Waals surface area contributed by atoms with Crippen LogP contribution in [0.15, 0.2) is 36.4 Å². The van der Waals surface area contributed by atoms with Gasteiger partial charge < -0.3 is 30.0 Å². The number of unbranched alkanes of at least 4 members (excludes halogenated alkanes) is 1. The van der Waals surface area contributed by atoms with Gasteiger partial charge in [-0.3, -0.25) is 4.79 Å². The smallest absolute Gasteiger partial charge is 0.220 e. The molecule has 0 aromatic heterocycles. The van der Waals surface area contributed by atoms with E-state index in [1.165, 1.54) is 5.56 Å². The summed E-state index contributed by atoms with van der Waals surface area (Å²) in [4.78, 5) is 12.0. The lowest BCUT2D eigenvalue weighted by atomic mass is 10.1. The lowest BCUT2D eigenvalue weighted by Crippen LogP contribution is -2.24. The van der Waals surface area contributed by atoms with Gasteiger partial charge in [0, 0.05) is 38.2 Å². The number of hydrogen-bond acceptors (Lipinski definition) is 6. The Morgan fingerprint density at radius 1 is 1.03 bits per heavy atom. The number of ether oxygens (including phenoxy) is 3. The third kappa shape index (κ3) is 10.4. The Labute approximate surface area is 200 Å². The summed E-state index contributed by atoms with van der Waals surface area (Å²) in [5, 5.41) is 15.6. The largest absolute Gasteiger partial charge is 0.496 e. The van der Waals surface area contributed by atoms with Gasteiger partial charge in [0.1, 0.15) is 17.2 Å². The molecule has 1 unspecified atom stereocenters. The standard InChI is InChI=1S/C25H36N2O5.H3P/c1-18-8-10-20(11-9-18)16-27-25(29)7-5-6-12-32-21-13-23(30-3)22(24(14-21)31-4)17-26-15-19(2)28;/h8-11,13-14,19,26,28H,5-7,12,15-17H2,1-4H3,(H,27,29);1H3/t19-;/m1./s1. The van der Waals surface area contributed by atoms with E-state index in [9.17, 15) is 9.90 Å². The molecule has 7 nitrogen and oxygen atoms in total. The summed E-state index contributed by atoms with van der Waals surface area (Å²) in [7, 11) is 3.21. The first kappa shape index (κ1) is 28.7. The van der Waals surface area contributed by atoms with Crippen LogP contribution in [0.2, 0.25) is 0 Å². The van der Waals surface area contributed by atoms with Crippen LogP contribution in [-0.2, 0) is 17.9 Å². The Hall–Kier alpha value is -2.34. The van der Waals surface area contributed by atoms with Crippen molar-refractivity contribution in [3.63, 3.8) is 0 Å². The molecular formula is C25H39N2O5P. The highest BCUT2D eigenvalue weighted by molar-refractivity contribution is 6.92. The van der Waals surface area contributed by atoms with Crippen molar-refractivity contribution in [3.05, 3.63) is 53.1 Å². The maximum atomic E-state index is 12.0. The monoisotopic (exact) mass is 478 g/mol. The fourth-order valence-electron chi connectivity index (χ4n) is 3.20. The van der Waals surface area contributed by atoms with Crippen LogP contribution in [0.1, 0.15) is 42.9 Å². The molecule has 0 fully saturated rings. The zero-order chi connectivity index (χ0) is 23.3. The van der Waals surface area contributed by atoms with Gasteiger partial charge in [0.15, 0.2) is 0 Å². The highest BCUT2D eigenvalue weighted by Crippen LogP contribution is 2.34. The van der Waals surface area contributed by atoms with Crippen molar-refractivity contribution in [1.82, 2.24) is 10.6 Å². The molecule has 0 saturated heterocycles. The van der Waals surface area contributed by atoms with E-state index in [-0.39, 0.29) is 15.8 Å². The predicted octanol–water partition coefficient (Wildman–Crippen LogP) is 3.41. The van der Waals surface area contributed by atoms with E-state index >= 15 is 0 Å². The van der Waals surface area contributed by atoms with Gasteiger partial charge in [0.2, 0.25) is 5.91 Å². The summed E-state index contributed by atoms with van der Waals surface area (Å²) >= 11 is 0. The fraction of sp³-hybridized carbons (Fsp3) is 0.480. The summed E-state index contributed by atoms with van der Waals surface area (Å²) in [6.07, 6.45) is 1.55. The quantitative estimate of drug-likeness (QED) is 0.285. The van der Waals surface area contributed by atoms with Crippen LogP contribution in [0.4, 0.5) is 0 Å². The molecule has 0 bridgehead atoms. The zero-order valence-electron chi connectivity index (χ0n) is 20.3. The van der Waals surface area contributed by atoms with Gasteiger partial charge in [-0.25, -0.2) is 0 Å². The zero-order valence-corrected chi connectivity index (χ0v) is 21.7. The fourth-order valence-corrected chi connectivity index (χ4v) is 3.20. The molecule has 2 atom stereocenters. The molecular weight excluding hydrogens is 439 g/mol. The minimum absolute atomic E-state index is 0. The molecule has 0 aliphatic heterocycles. The normalized spacial score (nSPS) is 11.3. The average Bonchev–Trinajstić information content (AvgIpc) is 2.78. The van der Waals surface area contributed by atoms with E-state index in [1.54, 1.807) is 21.1 Å². The van der Waals surface area contributed by atoms with E-state index in [4.69, 9.17) is 14.2 Å². The Morgan fingerprint density at radius 3 is 2.24 bits per heavy atom. The summed E-state index contributed by atoms with van der Waals surface area (Å²) in [6.45, 7) is 5.80. The molecule has 0 spiro atoms. The second-order valence-corrected chi connectivity index (χ2v) is 7.85. The Bertz CT molecular complexity index is 818. The molecule has 2 rings (SSSR count). The summed E-state index contributed by atoms with van der Waals surface area (Å²) in [5.41, 5.74) is 3.17. The van der Waals surface area contributed by atoms with Crippen molar-refractivity contribution in [1.29, 1.82) is 0 Å². The number of nitrogens with one attached hydrogen (secondary N) is 2. The first-order chi connectivity index (χ1) is 15.4. The summed E-state index contributed by atoms with van der Waals surface area (Å²) in [6, 6.07) is 11.8. The van der Waals surface area contributed by atoms with Crippen molar-refractivity contribution in [3.8, 4) is 17.2 Å². The topological polar surface area (TPSA) is 89.1 Å². The third-order valence-electron chi connectivity index (χ3n) is 5.00. The molecule has 184 valence electrons. The SMILES string of the molecule is COc1cc(OCCCCC(=O)NCc2ccc(C)cc2)cc(OC)c1CNC[C@@H](C)O.P. The molecule has 2 aromatic rings. The van der Waals surface area contributed by atoms with Gasteiger partial charge in [-0.15, -0.1) is 0 Å². The van der Waals surface area contributed by atoms with Gasteiger partial charge in [-0.2, -0.15) is 9.90 Å². The minimum Gasteiger partial charge on any atom is -0.496 e. The maximum absolute atomic E-state index is 12.0. The van der Waals surface area contributed by atoms with E-state index in [0.29, 0.717) is 49.9 Å². The Kier molecular flexibility index (Phi) is 13.5. The number of hydrogen-bond donors (Lipinski definition) is 3. The Balaban J connectivity index is 0.00000544. The number of carbonyl (C=O) groups excluding carboxylic acids is 1. The molecule has 0 radical (unpaired) electrons. The molecule has 8 heteroatoms. The van der Waals surface area contributed by atoms with Crippen LogP contribution in [0, 0.1) is 6.92 Å². The maximum Gasteiger partial charge on any atom is 0.220 e. The van der Waals surface area contributed by atoms with Gasteiger partial charge in [-0.1, -0.05) is 29.8 Å². The van der Waals surface area contributed by atoms with E-state index < -0.39 is 6.10 Å². The second-order valence-electron chi connectivity index (χ2n) is 7.85. The van der Waals surface area contributed by atoms with Gasteiger partial charge >= 0.3 is 0 Å². The Morgan fingerprint density at radius 2 is 1.67 bits per heavy atom. The molecule has 0 saturated carbocycles. The highest BCUT2D eigenvalue weighted by atomic mass is 31.0. The number of rotatable bonds is 14. The summed E-state index contributed by atoms with van der Waals surface area (Å²) < 4.78 is 16.9. The number of carbonyl (C=O) groups is 1. The van der Waals surface area contributed by atoms with Crippen LogP contribution in [0.3, 0.4) is 0 Å². The number of aliphatic hydroxyl groups is 1. The van der Waals surface area contributed by atoms with Crippen molar-refractivity contribution >= 4 is 15.8 Å². The van der Waals surface area contributed by atoms with Crippen molar-refractivity contribution < 1.29 is 24.1 Å². The van der Waals surface area contributed by atoms with Crippen LogP contribution < -0.4 is 24.8 Å². The van der Waals surface area contributed by atoms with E-state index in [2.05, 4.69) is 10.6 Å². The van der Waals surface area contributed by atoms with E-state index in [0.717, 1.165) is 24.0 Å². The predicted molar refractivity (Wildman–Crippen MR) is 136 cm³/mol. The molecule has 1 amide bonds. The number of amides is 1. The second kappa shape index (κ2) is 15.5. The third-order valence-corrected chi connectivity index (χ3v) is 5.00. The lowest BCUT2D eigenvalue weighted by molar-refractivity contribution is -0.121. The minimum atomic E-state index is -0.431. The van der Waals surface area contributed by atoms with Crippen LogP contribution >= 0.6 is 9.90 Å².